The van der Waals surface area contributed by atoms with Gasteiger partial charge in [0.25, 0.3) is 0 Å². The van der Waals surface area contributed by atoms with Crippen LogP contribution in [0.5, 0.6) is 0 Å². The predicted octanol–water partition coefficient (Wildman–Crippen LogP) is 1.75. The van der Waals surface area contributed by atoms with Crippen LogP contribution in [-0.4, -0.2) is 19.1 Å². The highest BCUT2D eigenvalue weighted by Crippen LogP contribution is 2.00. The van der Waals surface area contributed by atoms with Gasteiger partial charge in [-0.3, -0.25) is 0 Å². The molecular weight excluding hydrogens is 148 g/mol. The van der Waals surface area contributed by atoms with Crippen LogP contribution in [0.1, 0.15) is 40.0 Å². The normalized spacial score (nSPS) is 24.2. The molecule has 1 aliphatic rings. The van der Waals surface area contributed by atoms with Crippen LogP contribution in [0.25, 0.3) is 0 Å². The molecule has 0 radical (unpaired) electrons. The number of hydrogen-bond acceptors (Lipinski definition) is 2. The molecule has 12 heavy (non-hydrogen) atoms. The van der Waals surface area contributed by atoms with E-state index in [0.29, 0.717) is 6.04 Å². The van der Waals surface area contributed by atoms with E-state index in [0.717, 1.165) is 25.4 Å². The Hall–Kier alpha value is -0.0800. The zero-order valence-electron chi connectivity index (χ0n) is 8.77. The smallest absolute Gasteiger partial charge is 0.00513 e. The molecule has 1 saturated heterocycles. The Morgan fingerprint density at radius 1 is 1.17 bits per heavy atom. The van der Waals surface area contributed by atoms with E-state index in [1.165, 1.54) is 12.8 Å². The second kappa shape index (κ2) is 7.56. The summed E-state index contributed by atoms with van der Waals surface area (Å²) in [5.41, 5.74) is 5.69. The van der Waals surface area contributed by atoms with Gasteiger partial charge in [-0.25, -0.2) is 0 Å². The first-order chi connectivity index (χ1) is 5.63. The van der Waals surface area contributed by atoms with Crippen LogP contribution in [0.3, 0.4) is 0 Å². The molecule has 1 heterocycles. The second-order valence-corrected chi connectivity index (χ2v) is 4.17. The van der Waals surface area contributed by atoms with Crippen molar-refractivity contribution in [1.29, 1.82) is 0 Å². The molecule has 0 amide bonds. The van der Waals surface area contributed by atoms with E-state index in [1.807, 2.05) is 0 Å². The molecule has 1 unspecified atom stereocenters. The van der Waals surface area contributed by atoms with Crippen LogP contribution >= 0.6 is 0 Å². The fraction of sp³-hybridized carbons (Fsp3) is 1.00. The summed E-state index contributed by atoms with van der Waals surface area (Å²) in [6, 6.07) is 0.463. The topological polar surface area (TPSA) is 38.0 Å². The third-order valence-corrected chi connectivity index (χ3v) is 1.62. The fourth-order valence-electron chi connectivity index (χ4n) is 1.05. The lowest BCUT2D eigenvalue weighted by Gasteiger charge is -2.02. The van der Waals surface area contributed by atoms with Crippen LogP contribution in [0, 0.1) is 5.92 Å². The Balaban J connectivity index is 0.000000261. The van der Waals surface area contributed by atoms with Crippen molar-refractivity contribution in [2.75, 3.05) is 13.1 Å². The fourth-order valence-corrected chi connectivity index (χ4v) is 1.05. The zero-order chi connectivity index (χ0) is 9.40. The summed E-state index contributed by atoms with van der Waals surface area (Å²) in [6.45, 7) is 8.77. The van der Waals surface area contributed by atoms with Crippen molar-refractivity contribution < 1.29 is 0 Å². The van der Waals surface area contributed by atoms with Crippen molar-refractivity contribution in [2.45, 2.75) is 46.1 Å². The molecule has 1 aliphatic heterocycles. The van der Waals surface area contributed by atoms with Crippen molar-refractivity contribution in [3.8, 4) is 0 Å². The van der Waals surface area contributed by atoms with Gasteiger partial charge in [0.1, 0.15) is 0 Å². The Bertz CT molecular complexity index is 81.1. The first-order valence-electron chi connectivity index (χ1n) is 5.09. The first kappa shape index (κ1) is 11.9. The van der Waals surface area contributed by atoms with E-state index in [-0.39, 0.29) is 0 Å². The minimum Gasteiger partial charge on any atom is -0.328 e. The van der Waals surface area contributed by atoms with Gasteiger partial charge in [0.2, 0.25) is 0 Å². The van der Waals surface area contributed by atoms with Gasteiger partial charge in [-0.2, -0.15) is 0 Å². The van der Waals surface area contributed by atoms with E-state index < -0.39 is 0 Å². The van der Waals surface area contributed by atoms with E-state index in [4.69, 9.17) is 5.73 Å². The summed E-state index contributed by atoms with van der Waals surface area (Å²) in [5.74, 6) is 0.833. The molecule has 1 rings (SSSR count). The third kappa shape index (κ3) is 9.92. The molecule has 0 aromatic heterocycles. The molecular formula is C10H24N2. The van der Waals surface area contributed by atoms with E-state index in [1.54, 1.807) is 0 Å². The molecule has 1 fully saturated rings. The summed E-state index contributed by atoms with van der Waals surface area (Å²) in [5, 5.41) is 3.30. The number of rotatable bonds is 0. The Labute approximate surface area is 76.9 Å². The van der Waals surface area contributed by atoms with Crippen LogP contribution in [-0.2, 0) is 0 Å². The lowest BCUT2D eigenvalue weighted by Crippen LogP contribution is -2.21. The molecule has 74 valence electrons. The monoisotopic (exact) mass is 172 g/mol. The SMILES string of the molecule is CC(C)C.NC1CCCNCC1. The van der Waals surface area contributed by atoms with E-state index >= 15 is 0 Å². The maximum atomic E-state index is 5.69. The van der Waals surface area contributed by atoms with Gasteiger partial charge >= 0.3 is 0 Å². The quantitative estimate of drug-likeness (QED) is 0.584. The van der Waals surface area contributed by atoms with Crippen molar-refractivity contribution >= 4 is 0 Å². The Kier molecular flexibility index (Phi) is 7.51. The second-order valence-electron chi connectivity index (χ2n) is 4.17. The molecule has 2 heteroatoms. The molecule has 0 aliphatic carbocycles. The lowest BCUT2D eigenvalue weighted by molar-refractivity contribution is 0.599. The standard InChI is InChI=1S/C6H14N2.C4H10/c7-6-2-1-4-8-5-3-6;1-4(2)3/h6,8H,1-5,7H2;4H,1-3H3. The van der Waals surface area contributed by atoms with Gasteiger partial charge in [-0.05, 0) is 38.3 Å². The summed E-state index contributed by atoms with van der Waals surface area (Å²) >= 11 is 0. The minimum atomic E-state index is 0.463. The average molecular weight is 172 g/mol. The van der Waals surface area contributed by atoms with Crippen molar-refractivity contribution in [2.24, 2.45) is 11.7 Å². The van der Waals surface area contributed by atoms with Crippen molar-refractivity contribution in [3.05, 3.63) is 0 Å². The molecule has 3 N–H and O–H groups in total. The molecule has 1 atom stereocenters. The molecule has 0 saturated carbocycles. The van der Waals surface area contributed by atoms with Gasteiger partial charge in [-0.1, -0.05) is 20.8 Å². The van der Waals surface area contributed by atoms with Crippen LogP contribution < -0.4 is 11.1 Å². The summed E-state index contributed by atoms with van der Waals surface area (Å²) < 4.78 is 0. The highest BCUT2D eigenvalue weighted by molar-refractivity contribution is 4.67. The highest BCUT2D eigenvalue weighted by Gasteiger charge is 2.04. The number of nitrogens with two attached hydrogens (primary N) is 1. The van der Waals surface area contributed by atoms with Crippen molar-refractivity contribution in [3.63, 3.8) is 0 Å². The first-order valence-corrected chi connectivity index (χ1v) is 5.09. The molecule has 0 spiro atoms. The maximum Gasteiger partial charge on any atom is 0.00513 e. The minimum absolute atomic E-state index is 0.463. The summed E-state index contributed by atoms with van der Waals surface area (Å²) in [7, 11) is 0. The van der Waals surface area contributed by atoms with Gasteiger partial charge in [0.05, 0.1) is 0 Å². The molecule has 0 aromatic rings. The van der Waals surface area contributed by atoms with Crippen LogP contribution in [0.2, 0.25) is 0 Å². The Morgan fingerprint density at radius 2 is 1.75 bits per heavy atom. The zero-order valence-corrected chi connectivity index (χ0v) is 8.77. The molecule has 2 nitrogen and oxygen atoms in total. The maximum absolute atomic E-state index is 5.69. The van der Waals surface area contributed by atoms with E-state index in [9.17, 15) is 0 Å². The summed E-state index contributed by atoms with van der Waals surface area (Å²) in [6.07, 6.45) is 3.61. The van der Waals surface area contributed by atoms with Gasteiger partial charge < -0.3 is 11.1 Å². The van der Waals surface area contributed by atoms with Crippen LogP contribution in [0.15, 0.2) is 0 Å². The number of hydrogen-bond donors (Lipinski definition) is 2. The predicted molar refractivity (Wildman–Crippen MR) is 55.2 cm³/mol. The summed E-state index contributed by atoms with van der Waals surface area (Å²) in [4.78, 5) is 0. The third-order valence-electron chi connectivity index (χ3n) is 1.62. The van der Waals surface area contributed by atoms with Crippen LogP contribution in [0.4, 0.5) is 0 Å². The number of nitrogens with one attached hydrogen (secondary N) is 1. The van der Waals surface area contributed by atoms with Gasteiger partial charge in [-0.15, -0.1) is 0 Å². The average Bonchev–Trinajstić information content (AvgIpc) is 2.14. The van der Waals surface area contributed by atoms with Crippen molar-refractivity contribution in [1.82, 2.24) is 5.32 Å². The molecule has 0 bridgehead atoms. The Morgan fingerprint density at radius 3 is 2.33 bits per heavy atom. The van der Waals surface area contributed by atoms with Gasteiger partial charge in [0, 0.05) is 6.04 Å². The largest absolute Gasteiger partial charge is 0.328 e. The molecule has 0 aromatic carbocycles. The lowest BCUT2D eigenvalue weighted by atomic mass is 10.1. The van der Waals surface area contributed by atoms with E-state index in [2.05, 4.69) is 26.1 Å². The van der Waals surface area contributed by atoms with Gasteiger partial charge in [0.15, 0.2) is 0 Å². The highest BCUT2D eigenvalue weighted by atomic mass is 14.9.